The van der Waals surface area contributed by atoms with Gasteiger partial charge in [0, 0.05) is 6.54 Å². The summed E-state index contributed by atoms with van der Waals surface area (Å²) in [4.78, 5) is 4.60. The molecule has 104 valence electrons. The molecule has 0 N–H and O–H groups in total. The number of halogens is 1. The van der Waals surface area contributed by atoms with Gasteiger partial charge in [-0.15, -0.1) is 11.6 Å². The van der Waals surface area contributed by atoms with Crippen LogP contribution in [0.5, 0.6) is 0 Å². The van der Waals surface area contributed by atoms with Gasteiger partial charge in [-0.1, -0.05) is 13.3 Å². The maximum absolute atomic E-state index is 9.08. The van der Waals surface area contributed by atoms with Crippen LogP contribution in [0.25, 0.3) is 11.0 Å². The summed E-state index contributed by atoms with van der Waals surface area (Å²) >= 11 is 6.06. The number of fused-ring (bicyclic) bond motifs is 1. The lowest BCUT2D eigenvalue weighted by Crippen LogP contribution is -2.13. The van der Waals surface area contributed by atoms with Crippen LogP contribution >= 0.6 is 11.6 Å². The van der Waals surface area contributed by atoms with E-state index in [0.717, 1.165) is 23.4 Å². The van der Waals surface area contributed by atoms with E-state index in [2.05, 4.69) is 22.5 Å². The fourth-order valence-corrected chi connectivity index (χ4v) is 3.25. The first-order chi connectivity index (χ1) is 9.71. The van der Waals surface area contributed by atoms with Crippen LogP contribution in [0.3, 0.4) is 0 Å². The Balaban J connectivity index is 2.05. The zero-order valence-corrected chi connectivity index (χ0v) is 12.5. The molecule has 3 rings (SSSR count). The third kappa shape index (κ3) is 2.29. The summed E-state index contributed by atoms with van der Waals surface area (Å²) < 4.78 is 2.23. The number of aromatic nitrogens is 2. The maximum atomic E-state index is 9.08. The molecule has 2 aromatic rings. The normalized spacial score (nSPS) is 16.2. The summed E-state index contributed by atoms with van der Waals surface area (Å²) in [5.41, 5.74) is 3.10. The lowest BCUT2D eigenvalue weighted by Gasteiger charge is -2.17. The van der Waals surface area contributed by atoms with Crippen molar-refractivity contribution < 1.29 is 0 Å². The van der Waals surface area contributed by atoms with E-state index >= 15 is 0 Å². The lowest BCUT2D eigenvalue weighted by atomic mass is 10.0. The van der Waals surface area contributed by atoms with Crippen molar-refractivity contribution in [3.63, 3.8) is 0 Å². The van der Waals surface area contributed by atoms with Crippen molar-refractivity contribution in [1.82, 2.24) is 9.55 Å². The molecule has 0 unspecified atom stereocenters. The molecule has 0 amide bonds. The van der Waals surface area contributed by atoms with Gasteiger partial charge >= 0.3 is 0 Å². The first-order valence-corrected chi connectivity index (χ1v) is 7.70. The van der Waals surface area contributed by atoms with E-state index in [1.165, 1.54) is 25.7 Å². The average molecular weight is 288 g/mol. The van der Waals surface area contributed by atoms with Crippen LogP contribution in [0.1, 0.15) is 44.0 Å². The molecule has 1 heterocycles. The summed E-state index contributed by atoms with van der Waals surface area (Å²) in [5, 5.41) is 9.08. The van der Waals surface area contributed by atoms with Gasteiger partial charge in [-0.2, -0.15) is 5.26 Å². The van der Waals surface area contributed by atoms with E-state index in [9.17, 15) is 0 Å². The lowest BCUT2D eigenvalue weighted by molar-refractivity contribution is 0.389. The predicted octanol–water partition coefficient (Wildman–Crippen LogP) is 4.23. The molecule has 0 aliphatic heterocycles. The molecule has 1 aromatic heterocycles. The number of hydrogen-bond acceptors (Lipinski definition) is 2. The van der Waals surface area contributed by atoms with Crippen LogP contribution in [-0.2, 0) is 12.4 Å². The summed E-state index contributed by atoms with van der Waals surface area (Å²) in [6.07, 6.45) is 5.05. The highest BCUT2D eigenvalue weighted by atomic mass is 35.5. The second-order valence-electron chi connectivity index (χ2n) is 5.81. The molecule has 1 saturated carbocycles. The molecule has 0 atom stereocenters. The number of imidazole rings is 1. The Kier molecular flexibility index (Phi) is 3.43. The highest BCUT2D eigenvalue weighted by Crippen LogP contribution is 2.51. The number of nitriles is 1. The molecule has 0 spiro atoms. The minimum atomic E-state index is 0.415. The van der Waals surface area contributed by atoms with Gasteiger partial charge in [0.25, 0.3) is 0 Å². The fourth-order valence-electron chi connectivity index (χ4n) is 3.05. The molecule has 0 bridgehead atoms. The van der Waals surface area contributed by atoms with Gasteiger partial charge in [0.2, 0.25) is 0 Å². The Hall–Kier alpha value is -1.53. The van der Waals surface area contributed by atoms with Crippen molar-refractivity contribution >= 4 is 22.6 Å². The molecule has 1 aliphatic rings. The second-order valence-corrected chi connectivity index (χ2v) is 6.08. The van der Waals surface area contributed by atoms with Crippen LogP contribution in [0.15, 0.2) is 18.2 Å². The molecule has 1 aromatic carbocycles. The number of rotatable bonds is 5. The molecule has 20 heavy (non-hydrogen) atoms. The quantitative estimate of drug-likeness (QED) is 0.772. The van der Waals surface area contributed by atoms with Gasteiger partial charge in [0.1, 0.15) is 5.82 Å². The highest BCUT2D eigenvalue weighted by molar-refractivity contribution is 6.16. The third-order valence-corrected chi connectivity index (χ3v) is 4.55. The van der Waals surface area contributed by atoms with Gasteiger partial charge in [-0.25, -0.2) is 4.98 Å². The Morgan fingerprint density at radius 2 is 2.25 bits per heavy atom. The molecular formula is C16H18ClN3. The Morgan fingerprint density at radius 3 is 2.85 bits per heavy atom. The van der Waals surface area contributed by atoms with E-state index in [1.807, 2.05) is 18.2 Å². The topological polar surface area (TPSA) is 41.6 Å². The first kappa shape index (κ1) is 13.5. The number of hydrogen-bond donors (Lipinski definition) is 0. The van der Waals surface area contributed by atoms with Crippen LogP contribution < -0.4 is 0 Å². The minimum Gasteiger partial charge on any atom is -0.326 e. The summed E-state index contributed by atoms with van der Waals surface area (Å²) in [5.74, 6) is 1.33. The third-order valence-electron chi connectivity index (χ3n) is 4.31. The Bertz CT molecular complexity index is 677. The van der Waals surface area contributed by atoms with Gasteiger partial charge in [-0.05, 0) is 42.9 Å². The zero-order valence-electron chi connectivity index (χ0n) is 11.7. The second kappa shape index (κ2) is 5.10. The Morgan fingerprint density at radius 1 is 1.45 bits per heavy atom. The van der Waals surface area contributed by atoms with E-state index in [1.54, 1.807) is 0 Å². The Labute approximate surface area is 124 Å². The standard InChI is InChI=1S/C16H18ClN3/c1-2-5-16(6-7-16)11-20-14-8-12(10-18)3-4-13(14)19-15(20)9-17/h3-4,8H,2,5-7,9,11H2,1H3. The first-order valence-electron chi connectivity index (χ1n) is 7.16. The summed E-state index contributed by atoms with van der Waals surface area (Å²) in [7, 11) is 0. The fraction of sp³-hybridized carbons (Fsp3) is 0.500. The molecule has 1 aliphatic carbocycles. The minimum absolute atomic E-state index is 0.415. The van der Waals surface area contributed by atoms with Crippen molar-refractivity contribution in [2.24, 2.45) is 5.41 Å². The zero-order chi connectivity index (χ0) is 14.2. The smallest absolute Gasteiger partial charge is 0.124 e. The highest BCUT2D eigenvalue weighted by Gasteiger charge is 2.42. The summed E-state index contributed by atoms with van der Waals surface area (Å²) in [6, 6.07) is 7.87. The summed E-state index contributed by atoms with van der Waals surface area (Å²) in [6.45, 7) is 3.22. The number of alkyl halides is 1. The molecule has 0 radical (unpaired) electrons. The predicted molar refractivity (Wildman–Crippen MR) is 80.6 cm³/mol. The van der Waals surface area contributed by atoms with Crippen molar-refractivity contribution in [3.8, 4) is 6.07 Å². The van der Waals surface area contributed by atoms with Crippen LogP contribution in [-0.4, -0.2) is 9.55 Å². The van der Waals surface area contributed by atoms with Gasteiger partial charge in [0.15, 0.2) is 0 Å². The van der Waals surface area contributed by atoms with Crippen molar-refractivity contribution in [2.75, 3.05) is 0 Å². The van der Waals surface area contributed by atoms with Crippen molar-refractivity contribution in [1.29, 1.82) is 5.26 Å². The van der Waals surface area contributed by atoms with Crippen LogP contribution in [0.2, 0.25) is 0 Å². The van der Waals surface area contributed by atoms with Crippen LogP contribution in [0.4, 0.5) is 0 Å². The van der Waals surface area contributed by atoms with Gasteiger partial charge in [0.05, 0.1) is 28.5 Å². The SMILES string of the molecule is CCCC1(Cn2c(CCl)nc3ccc(C#N)cc32)CC1. The largest absolute Gasteiger partial charge is 0.326 e. The van der Waals surface area contributed by atoms with Crippen molar-refractivity contribution in [2.45, 2.75) is 45.0 Å². The van der Waals surface area contributed by atoms with E-state index < -0.39 is 0 Å². The van der Waals surface area contributed by atoms with E-state index in [-0.39, 0.29) is 0 Å². The maximum Gasteiger partial charge on any atom is 0.124 e. The molecular weight excluding hydrogens is 270 g/mol. The molecule has 4 heteroatoms. The van der Waals surface area contributed by atoms with Gasteiger partial charge < -0.3 is 4.57 Å². The van der Waals surface area contributed by atoms with Crippen LogP contribution in [0, 0.1) is 16.7 Å². The van der Waals surface area contributed by atoms with E-state index in [0.29, 0.717) is 16.9 Å². The molecule has 1 fully saturated rings. The van der Waals surface area contributed by atoms with E-state index in [4.69, 9.17) is 16.9 Å². The van der Waals surface area contributed by atoms with Crippen molar-refractivity contribution in [3.05, 3.63) is 29.6 Å². The van der Waals surface area contributed by atoms with Gasteiger partial charge in [-0.3, -0.25) is 0 Å². The number of nitrogens with zero attached hydrogens (tertiary/aromatic N) is 3. The monoisotopic (exact) mass is 287 g/mol. The number of benzene rings is 1. The molecule has 0 saturated heterocycles. The average Bonchev–Trinajstić information content (AvgIpc) is 3.14. The molecule has 3 nitrogen and oxygen atoms in total.